The van der Waals surface area contributed by atoms with Gasteiger partial charge in [-0.2, -0.15) is 11.8 Å². The summed E-state index contributed by atoms with van der Waals surface area (Å²) < 4.78 is 0. The lowest BCUT2D eigenvalue weighted by atomic mass is 10.0. The molecule has 0 aliphatic carbocycles. The fourth-order valence-corrected chi connectivity index (χ4v) is 4.06. The van der Waals surface area contributed by atoms with Crippen molar-refractivity contribution in [1.82, 2.24) is 15.5 Å². The van der Waals surface area contributed by atoms with Gasteiger partial charge in [0.1, 0.15) is 18.1 Å². The van der Waals surface area contributed by atoms with E-state index in [1.807, 2.05) is 20.1 Å². The number of hydrogen-bond acceptors (Lipinski definition) is 7. The van der Waals surface area contributed by atoms with Gasteiger partial charge < -0.3 is 37.8 Å². The van der Waals surface area contributed by atoms with E-state index in [-0.39, 0.29) is 37.2 Å². The molecule has 34 heavy (non-hydrogen) atoms. The van der Waals surface area contributed by atoms with Gasteiger partial charge in [0.2, 0.25) is 17.7 Å². The molecule has 4 unspecified atom stereocenters. The Balaban J connectivity index is 2.95. The van der Waals surface area contributed by atoms with Crippen molar-refractivity contribution in [2.24, 2.45) is 28.1 Å². The number of aliphatic imine (C=N–C) groups is 1. The summed E-state index contributed by atoms with van der Waals surface area (Å²) in [6.07, 6.45) is 3.75. The molecule has 1 aliphatic rings. The number of amides is 3. The molecule has 9 N–H and O–H groups in total. The van der Waals surface area contributed by atoms with Crippen LogP contribution in [-0.4, -0.2) is 88.9 Å². The average Bonchev–Trinajstić information content (AvgIpc) is 3.26. The fourth-order valence-electron chi connectivity index (χ4n) is 3.59. The summed E-state index contributed by atoms with van der Waals surface area (Å²) in [7, 11) is 0. The van der Waals surface area contributed by atoms with Gasteiger partial charge in [0.05, 0.1) is 6.04 Å². The Hall–Kier alpha value is -2.54. The molecule has 1 saturated heterocycles. The van der Waals surface area contributed by atoms with Crippen molar-refractivity contribution >= 4 is 41.4 Å². The van der Waals surface area contributed by atoms with Gasteiger partial charge >= 0.3 is 5.97 Å². The van der Waals surface area contributed by atoms with Gasteiger partial charge in [-0.25, -0.2) is 4.79 Å². The Kier molecular flexibility index (Phi) is 12.7. The third kappa shape index (κ3) is 9.37. The van der Waals surface area contributed by atoms with Crippen LogP contribution in [0.2, 0.25) is 0 Å². The molecule has 1 rings (SSSR count). The number of guanidine groups is 1. The normalized spacial score (nSPS) is 18.1. The molecular formula is C21H39N7O5S. The first-order chi connectivity index (χ1) is 16.0. The number of aliphatic carboxylic acids is 1. The minimum Gasteiger partial charge on any atom is -0.480 e. The van der Waals surface area contributed by atoms with Crippen LogP contribution >= 0.6 is 11.8 Å². The Morgan fingerprint density at radius 1 is 1.15 bits per heavy atom. The van der Waals surface area contributed by atoms with Gasteiger partial charge in [-0.1, -0.05) is 13.8 Å². The molecule has 13 heteroatoms. The first-order valence-corrected chi connectivity index (χ1v) is 12.8. The summed E-state index contributed by atoms with van der Waals surface area (Å²) in [5, 5.41) is 14.7. The van der Waals surface area contributed by atoms with Gasteiger partial charge in [-0.3, -0.25) is 19.4 Å². The standard InChI is InChI=1S/C21H39N7O5S/c1-12(2)16(22)19(31)28-10-5-7-15(28)18(30)26-13(6-4-9-25-21(23)24)17(29)27-14(20(32)33)8-11-34-3/h12-16H,4-11,22H2,1-3H3,(H,26,30)(H,27,29)(H,32,33)(H4,23,24,25). The maximum atomic E-state index is 13.1. The molecule has 1 fully saturated rings. The van der Waals surface area contributed by atoms with Gasteiger partial charge in [-0.15, -0.1) is 0 Å². The number of carboxylic acids is 1. The van der Waals surface area contributed by atoms with E-state index >= 15 is 0 Å². The van der Waals surface area contributed by atoms with E-state index in [0.717, 1.165) is 0 Å². The molecule has 0 aromatic rings. The van der Waals surface area contributed by atoms with Crippen LogP contribution < -0.4 is 27.8 Å². The molecule has 12 nitrogen and oxygen atoms in total. The molecule has 194 valence electrons. The van der Waals surface area contributed by atoms with Crippen molar-refractivity contribution in [1.29, 1.82) is 0 Å². The van der Waals surface area contributed by atoms with Crippen molar-refractivity contribution in [3.63, 3.8) is 0 Å². The molecule has 1 aliphatic heterocycles. The molecular weight excluding hydrogens is 462 g/mol. The van der Waals surface area contributed by atoms with Crippen LogP contribution in [-0.2, 0) is 19.2 Å². The van der Waals surface area contributed by atoms with E-state index in [9.17, 15) is 24.3 Å². The van der Waals surface area contributed by atoms with Crippen LogP contribution in [0, 0.1) is 5.92 Å². The van der Waals surface area contributed by atoms with Crippen LogP contribution in [0.4, 0.5) is 0 Å². The van der Waals surface area contributed by atoms with Crippen molar-refractivity contribution in [3.8, 4) is 0 Å². The molecule has 0 radical (unpaired) electrons. The first-order valence-electron chi connectivity index (χ1n) is 11.4. The lowest BCUT2D eigenvalue weighted by Crippen LogP contribution is -2.57. The monoisotopic (exact) mass is 501 g/mol. The molecule has 0 aromatic carbocycles. The molecule has 0 aromatic heterocycles. The van der Waals surface area contributed by atoms with Crippen molar-refractivity contribution in [2.75, 3.05) is 25.1 Å². The highest BCUT2D eigenvalue weighted by Crippen LogP contribution is 2.20. The smallest absolute Gasteiger partial charge is 0.326 e. The van der Waals surface area contributed by atoms with Gasteiger partial charge in [0.25, 0.3) is 0 Å². The Morgan fingerprint density at radius 3 is 2.38 bits per heavy atom. The third-order valence-corrected chi connectivity index (χ3v) is 6.29. The summed E-state index contributed by atoms with van der Waals surface area (Å²) in [5.41, 5.74) is 16.7. The van der Waals surface area contributed by atoms with E-state index in [4.69, 9.17) is 17.2 Å². The highest BCUT2D eigenvalue weighted by molar-refractivity contribution is 7.98. The lowest BCUT2D eigenvalue weighted by molar-refractivity contribution is -0.143. The molecule has 3 amide bonds. The van der Waals surface area contributed by atoms with E-state index < -0.39 is 42.0 Å². The number of hydrogen-bond donors (Lipinski definition) is 6. The Morgan fingerprint density at radius 2 is 1.82 bits per heavy atom. The summed E-state index contributed by atoms with van der Waals surface area (Å²) in [4.78, 5) is 55.7. The van der Waals surface area contributed by atoms with Crippen LogP contribution in [0.1, 0.15) is 46.0 Å². The van der Waals surface area contributed by atoms with Crippen molar-refractivity contribution in [3.05, 3.63) is 0 Å². The number of thioether (sulfide) groups is 1. The SMILES string of the molecule is CSCCC(NC(=O)C(CCCN=C(N)N)NC(=O)C1CCCN1C(=O)C(N)C(C)C)C(=O)O. The number of nitrogens with one attached hydrogen (secondary N) is 2. The van der Waals surface area contributed by atoms with E-state index in [0.29, 0.717) is 31.6 Å². The summed E-state index contributed by atoms with van der Waals surface area (Å²) in [6, 6.07) is -3.54. The second kappa shape index (κ2) is 14.7. The lowest BCUT2D eigenvalue weighted by Gasteiger charge is -2.29. The predicted octanol–water partition coefficient (Wildman–Crippen LogP) is -1.18. The Bertz CT molecular complexity index is 745. The molecule has 0 bridgehead atoms. The minimum atomic E-state index is -1.15. The van der Waals surface area contributed by atoms with E-state index in [1.54, 1.807) is 0 Å². The summed E-state index contributed by atoms with van der Waals surface area (Å²) in [5.74, 6) is -2.16. The highest BCUT2D eigenvalue weighted by Gasteiger charge is 2.38. The molecule has 0 spiro atoms. The average molecular weight is 502 g/mol. The number of carbonyl (C=O) groups is 4. The number of carboxylic acid groups (broad SMARTS) is 1. The summed E-state index contributed by atoms with van der Waals surface area (Å²) >= 11 is 1.47. The number of likely N-dealkylation sites (tertiary alicyclic amines) is 1. The highest BCUT2D eigenvalue weighted by atomic mass is 32.2. The van der Waals surface area contributed by atoms with Crippen LogP contribution in [0.15, 0.2) is 4.99 Å². The van der Waals surface area contributed by atoms with E-state index in [2.05, 4.69) is 15.6 Å². The number of nitrogens with zero attached hydrogens (tertiary/aromatic N) is 2. The second-order valence-electron chi connectivity index (χ2n) is 8.65. The zero-order chi connectivity index (χ0) is 25.8. The number of rotatable bonds is 14. The molecule has 0 saturated carbocycles. The predicted molar refractivity (Wildman–Crippen MR) is 132 cm³/mol. The molecule has 1 heterocycles. The Labute approximate surface area is 204 Å². The summed E-state index contributed by atoms with van der Waals surface area (Å²) in [6.45, 7) is 4.32. The van der Waals surface area contributed by atoms with Gasteiger partial charge in [-0.05, 0) is 50.0 Å². The maximum Gasteiger partial charge on any atom is 0.326 e. The van der Waals surface area contributed by atoms with Crippen molar-refractivity contribution < 1.29 is 24.3 Å². The van der Waals surface area contributed by atoms with Gasteiger partial charge in [0, 0.05) is 13.1 Å². The molecule has 4 atom stereocenters. The largest absolute Gasteiger partial charge is 0.480 e. The second-order valence-corrected chi connectivity index (χ2v) is 9.64. The van der Waals surface area contributed by atoms with Crippen LogP contribution in [0.25, 0.3) is 0 Å². The van der Waals surface area contributed by atoms with E-state index in [1.165, 1.54) is 16.7 Å². The van der Waals surface area contributed by atoms with Crippen LogP contribution in [0.3, 0.4) is 0 Å². The topological polar surface area (TPSA) is 206 Å². The quantitative estimate of drug-likeness (QED) is 0.0960. The first kappa shape index (κ1) is 29.5. The van der Waals surface area contributed by atoms with Crippen LogP contribution in [0.5, 0.6) is 0 Å². The maximum absolute atomic E-state index is 13.1. The number of carbonyl (C=O) groups excluding carboxylic acids is 3. The zero-order valence-electron chi connectivity index (χ0n) is 20.2. The fraction of sp³-hybridized carbons (Fsp3) is 0.762. The van der Waals surface area contributed by atoms with Gasteiger partial charge in [0.15, 0.2) is 5.96 Å². The van der Waals surface area contributed by atoms with Crippen molar-refractivity contribution in [2.45, 2.75) is 70.1 Å². The third-order valence-electron chi connectivity index (χ3n) is 5.65. The number of nitrogens with two attached hydrogens (primary N) is 3. The minimum absolute atomic E-state index is 0.0832. The zero-order valence-corrected chi connectivity index (χ0v) is 21.0.